The highest BCUT2D eigenvalue weighted by Crippen LogP contribution is 2.19. The van der Waals surface area contributed by atoms with Gasteiger partial charge in [-0.1, -0.05) is 6.07 Å². The van der Waals surface area contributed by atoms with Crippen molar-refractivity contribution in [1.82, 2.24) is 4.98 Å². The van der Waals surface area contributed by atoms with Crippen molar-refractivity contribution in [3.8, 4) is 5.75 Å². The lowest BCUT2D eigenvalue weighted by Gasteiger charge is -2.13. The number of esters is 1. The second-order valence-electron chi connectivity index (χ2n) is 6.63. The van der Waals surface area contributed by atoms with Crippen molar-refractivity contribution in [2.75, 3.05) is 39.7 Å². The Morgan fingerprint density at radius 3 is 2.50 bits per heavy atom. The van der Waals surface area contributed by atoms with Crippen LogP contribution in [0.5, 0.6) is 5.75 Å². The number of nitrogens with one attached hydrogen (secondary N) is 3. The fourth-order valence-electron chi connectivity index (χ4n) is 3.04. The fraction of sp³-hybridized carbons (Fsp3) is 0.350. The number of anilines is 1. The normalized spacial score (nSPS) is 11.6. The van der Waals surface area contributed by atoms with Gasteiger partial charge in [0.05, 0.1) is 32.5 Å². The van der Waals surface area contributed by atoms with Gasteiger partial charge in [-0.3, -0.25) is 9.59 Å². The number of benzene rings is 1. The van der Waals surface area contributed by atoms with Gasteiger partial charge >= 0.3 is 5.97 Å². The number of aryl methyl sites for hydroxylation is 1. The van der Waals surface area contributed by atoms with E-state index >= 15 is 0 Å². The maximum absolute atomic E-state index is 12.6. The Morgan fingerprint density at radius 2 is 1.86 bits per heavy atom. The number of amides is 1. The molecule has 0 saturated heterocycles. The number of carbonyl (C=O) groups is 3. The number of quaternary nitrogens is 1. The van der Waals surface area contributed by atoms with E-state index < -0.39 is 5.97 Å². The predicted octanol–water partition coefficient (Wildman–Crippen LogP) is 0.763. The van der Waals surface area contributed by atoms with Crippen LogP contribution >= 0.6 is 0 Å². The van der Waals surface area contributed by atoms with Crippen LogP contribution in [-0.2, 0) is 9.53 Å². The van der Waals surface area contributed by atoms with Gasteiger partial charge < -0.3 is 24.7 Å². The van der Waals surface area contributed by atoms with Gasteiger partial charge in [-0.2, -0.15) is 0 Å². The number of ketones is 1. The van der Waals surface area contributed by atoms with Crippen molar-refractivity contribution in [1.29, 1.82) is 0 Å². The molecule has 0 aliphatic rings. The Balaban J connectivity index is 1.99. The van der Waals surface area contributed by atoms with Gasteiger partial charge in [-0.05, 0) is 31.5 Å². The molecule has 1 aromatic carbocycles. The summed E-state index contributed by atoms with van der Waals surface area (Å²) >= 11 is 0. The van der Waals surface area contributed by atoms with Crippen LogP contribution in [0.2, 0.25) is 0 Å². The molecule has 0 aliphatic carbocycles. The average molecular weight is 388 g/mol. The number of rotatable bonds is 8. The quantitative estimate of drug-likeness (QED) is 0.458. The van der Waals surface area contributed by atoms with Crippen LogP contribution in [0.4, 0.5) is 5.69 Å². The monoisotopic (exact) mass is 388 g/mol. The molecular weight excluding hydrogens is 362 g/mol. The van der Waals surface area contributed by atoms with E-state index in [0.717, 1.165) is 4.90 Å². The van der Waals surface area contributed by atoms with Gasteiger partial charge in [0.15, 0.2) is 6.54 Å². The Hall–Kier alpha value is -3.13. The molecule has 28 heavy (non-hydrogen) atoms. The number of hydrogen-bond acceptors (Lipinski definition) is 5. The highest BCUT2D eigenvalue weighted by atomic mass is 16.5. The first-order valence-corrected chi connectivity index (χ1v) is 8.82. The molecular formula is C20H26N3O5+. The molecule has 0 aliphatic heterocycles. The van der Waals surface area contributed by atoms with Crippen molar-refractivity contribution < 1.29 is 28.8 Å². The van der Waals surface area contributed by atoms with Crippen molar-refractivity contribution >= 4 is 23.3 Å². The molecule has 1 amide bonds. The van der Waals surface area contributed by atoms with E-state index in [2.05, 4.69) is 10.3 Å². The van der Waals surface area contributed by atoms with E-state index in [9.17, 15) is 14.4 Å². The lowest BCUT2D eigenvalue weighted by molar-refractivity contribution is -0.861. The number of aromatic nitrogens is 1. The number of hydrogen-bond donors (Lipinski definition) is 3. The molecule has 2 aromatic rings. The lowest BCUT2D eigenvalue weighted by atomic mass is 10.1. The zero-order valence-corrected chi connectivity index (χ0v) is 16.8. The van der Waals surface area contributed by atoms with Crippen molar-refractivity contribution in [2.45, 2.75) is 13.8 Å². The molecule has 1 aromatic heterocycles. The number of aromatic amines is 1. The molecule has 0 bridgehead atoms. The third-order valence-corrected chi connectivity index (χ3v) is 4.38. The number of ether oxygens (including phenoxy) is 2. The third-order valence-electron chi connectivity index (χ3n) is 4.38. The molecule has 1 heterocycles. The van der Waals surface area contributed by atoms with Crippen molar-refractivity contribution in [2.24, 2.45) is 0 Å². The van der Waals surface area contributed by atoms with Gasteiger partial charge in [-0.25, -0.2) is 4.79 Å². The van der Waals surface area contributed by atoms with E-state index in [1.54, 1.807) is 52.3 Å². The summed E-state index contributed by atoms with van der Waals surface area (Å²) in [5, 5.41) is 2.79. The first-order chi connectivity index (χ1) is 13.3. The Bertz CT molecular complexity index is 888. The Labute approximate surface area is 163 Å². The van der Waals surface area contributed by atoms with Crippen LogP contribution in [-0.4, -0.2) is 57.0 Å². The maximum atomic E-state index is 12.6. The lowest BCUT2D eigenvalue weighted by Crippen LogP contribution is -3.11. The number of carbonyl (C=O) groups excluding carboxylic acids is 3. The Kier molecular flexibility index (Phi) is 6.94. The summed E-state index contributed by atoms with van der Waals surface area (Å²) < 4.78 is 9.89. The average Bonchev–Trinajstić information content (AvgIpc) is 2.95. The zero-order valence-electron chi connectivity index (χ0n) is 16.8. The highest BCUT2D eigenvalue weighted by molar-refractivity contribution is 6.02. The summed E-state index contributed by atoms with van der Waals surface area (Å²) in [4.78, 5) is 40.4. The smallest absolute Gasteiger partial charge is 0.339 e. The zero-order chi connectivity index (χ0) is 20.8. The summed E-state index contributed by atoms with van der Waals surface area (Å²) in [6.45, 7) is 3.64. The van der Waals surface area contributed by atoms with Gasteiger partial charge in [0.1, 0.15) is 12.3 Å². The second-order valence-corrected chi connectivity index (χ2v) is 6.63. The molecule has 3 N–H and O–H groups in total. The van der Waals surface area contributed by atoms with Gasteiger partial charge in [0.25, 0.3) is 5.91 Å². The SMILES string of the molecule is COC(=O)c1c(C)[nH]c(C(=O)C[NH+](C)CC(=O)Nc2cccc(OC)c2)c1C. The molecule has 0 fully saturated rings. The molecule has 0 radical (unpaired) electrons. The predicted molar refractivity (Wildman–Crippen MR) is 104 cm³/mol. The minimum Gasteiger partial charge on any atom is -0.497 e. The van der Waals surface area contributed by atoms with E-state index in [0.29, 0.717) is 34.0 Å². The largest absolute Gasteiger partial charge is 0.497 e. The van der Waals surface area contributed by atoms with E-state index in [1.807, 2.05) is 0 Å². The Morgan fingerprint density at radius 1 is 1.14 bits per heavy atom. The second kappa shape index (κ2) is 9.18. The van der Waals surface area contributed by atoms with Crippen LogP contribution in [0, 0.1) is 13.8 Å². The van der Waals surface area contributed by atoms with E-state index in [4.69, 9.17) is 9.47 Å². The fourth-order valence-corrected chi connectivity index (χ4v) is 3.04. The van der Waals surface area contributed by atoms with Crippen LogP contribution in [0.1, 0.15) is 32.1 Å². The molecule has 1 atom stereocenters. The molecule has 2 rings (SSSR count). The number of methoxy groups -OCH3 is 2. The molecule has 1 unspecified atom stereocenters. The van der Waals surface area contributed by atoms with Crippen LogP contribution in [0.3, 0.4) is 0 Å². The van der Waals surface area contributed by atoms with E-state index in [1.165, 1.54) is 7.11 Å². The molecule has 8 nitrogen and oxygen atoms in total. The van der Waals surface area contributed by atoms with Crippen LogP contribution in [0.25, 0.3) is 0 Å². The summed E-state index contributed by atoms with van der Waals surface area (Å²) in [5.41, 5.74) is 2.51. The van der Waals surface area contributed by atoms with Gasteiger partial charge in [0.2, 0.25) is 5.78 Å². The summed E-state index contributed by atoms with van der Waals surface area (Å²) in [5.74, 6) is -0.230. The third kappa shape index (κ3) is 4.98. The molecule has 150 valence electrons. The number of H-pyrrole nitrogens is 1. The summed E-state index contributed by atoms with van der Waals surface area (Å²) in [6, 6.07) is 7.05. The minimum atomic E-state index is -0.483. The molecule has 8 heteroatoms. The molecule has 0 spiro atoms. The first-order valence-electron chi connectivity index (χ1n) is 8.82. The van der Waals surface area contributed by atoms with Crippen LogP contribution in [0.15, 0.2) is 24.3 Å². The van der Waals surface area contributed by atoms with Crippen molar-refractivity contribution in [3.05, 3.63) is 46.8 Å². The number of likely N-dealkylation sites (N-methyl/N-ethyl adjacent to an activating group) is 1. The number of Topliss-reactive ketones (excluding diaryl/α,β-unsaturated/α-hetero) is 1. The topological polar surface area (TPSA) is 102 Å². The maximum Gasteiger partial charge on any atom is 0.339 e. The van der Waals surface area contributed by atoms with Gasteiger partial charge in [-0.15, -0.1) is 0 Å². The first kappa shape index (κ1) is 21.2. The van der Waals surface area contributed by atoms with Crippen molar-refractivity contribution in [3.63, 3.8) is 0 Å². The summed E-state index contributed by atoms with van der Waals surface area (Å²) in [7, 11) is 4.62. The van der Waals surface area contributed by atoms with Gasteiger partial charge in [0, 0.05) is 17.4 Å². The summed E-state index contributed by atoms with van der Waals surface area (Å²) in [6.07, 6.45) is 0. The molecule has 0 saturated carbocycles. The van der Waals surface area contributed by atoms with Crippen LogP contribution < -0.4 is 15.0 Å². The standard InChI is InChI=1S/C20H25N3O5/c1-12-18(20(26)28-5)13(2)21-19(12)16(24)10-23(3)11-17(25)22-14-7-6-8-15(9-14)27-4/h6-9,21H,10-11H2,1-5H3,(H,22,25)/p+1. The minimum absolute atomic E-state index is 0.104. The van der Waals surface area contributed by atoms with E-state index in [-0.39, 0.29) is 24.8 Å². The highest BCUT2D eigenvalue weighted by Gasteiger charge is 2.24.